The van der Waals surface area contributed by atoms with Crippen molar-refractivity contribution in [2.45, 2.75) is 38.3 Å². The van der Waals surface area contributed by atoms with E-state index in [0.29, 0.717) is 12.1 Å². The van der Waals surface area contributed by atoms with Gasteiger partial charge in [-0.25, -0.2) is 0 Å². The third kappa shape index (κ3) is 1.90. The van der Waals surface area contributed by atoms with Crippen molar-refractivity contribution in [3.05, 3.63) is 11.9 Å². The summed E-state index contributed by atoms with van der Waals surface area (Å²) < 4.78 is 1.84. The average molecular weight is 194 g/mol. The zero-order chi connectivity index (χ0) is 10.1. The number of anilines is 1. The molecule has 1 aromatic rings. The minimum atomic E-state index is 0.379. The van der Waals surface area contributed by atoms with Crippen molar-refractivity contribution in [2.75, 3.05) is 5.32 Å². The SMILES string of the molecule is Cc1nn(C)cc1NC1CCC(N)C1. The maximum Gasteiger partial charge on any atom is 0.0825 e. The highest BCUT2D eigenvalue weighted by Crippen LogP contribution is 2.22. The highest BCUT2D eigenvalue weighted by atomic mass is 15.3. The van der Waals surface area contributed by atoms with Gasteiger partial charge in [-0.3, -0.25) is 4.68 Å². The Morgan fingerprint density at radius 3 is 2.86 bits per heavy atom. The quantitative estimate of drug-likeness (QED) is 0.739. The summed E-state index contributed by atoms with van der Waals surface area (Å²) in [7, 11) is 1.94. The molecule has 78 valence electrons. The van der Waals surface area contributed by atoms with Crippen LogP contribution >= 0.6 is 0 Å². The van der Waals surface area contributed by atoms with Crippen molar-refractivity contribution >= 4 is 5.69 Å². The third-order valence-electron chi connectivity index (χ3n) is 2.85. The van der Waals surface area contributed by atoms with E-state index in [1.807, 2.05) is 24.9 Å². The molecule has 4 nitrogen and oxygen atoms in total. The first-order valence-electron chi connectivity index (χ1n) is 5.17. The van der Waals surface area contributed by atoms with Crippen LogP contribution in [0.15, 0.2) is 6.20 Å². The number of aromatic nitrogens is 2. The summed E-state index contributed by atoms with van der Waals surface area (Å²) in [5.74, 6) is 0. The number of hydrogen-bond acceptors (Lipinski definition) is 3. The van der Waals surface area contributed by atoms with E-state index in [-0.39, 0.29) is 0 Å². The Morgan fingerprint density at radius 2 is 2.36 bits per heavy atom. The molecule has 0 bridgehead atoms. The summed E-state index contributed by atoms with van der Waals surface area (Å²) in [5.41, 5.74) is 8.07. The Morgan fingerprint density at radius 1 is 1.57 bits per heavy atom. The molecule has 1 aromatic heterocycles. The number of nitrogens with zero attached hydrogens (tertiary/aromatic N) is 2. The van der Waals surface area contributed by atoms with Gasteiger partial charge < -0.3 is 11.1 Å². The fourth-order valence-corrected chi connectivity index (χ4v) is 2.11. The molecule has 1 fully saturated rings. The summed E-state index contributed by atoms with van der Waals surface area (Å²) >= 11 is 0. The summed E-state index contributed by atoms with van der Waals surface area (Å²) in [6.07, 6.45) is 5.42. The minimum absolute atomic E-state index is 0.379. The molecular formula is C10H18N4. The molecule has 2 atom stereocenters. The van der Waals surface area contributed by atoms with Crippen LogP contribution in [0.4, 0.5) is 5.69 Å². The molecule has 1 aliphatic rings. The van der Waals surface area contributed by atoms with Gasteiger partial charge in [0.25, 0.3) is 0 Å². The van der Waals surface area contributed by atoms with Crippen LogP contribution < -0.4 is 11.1 Å². The Labute approximate surface area is 84.5 Å². The highest BCUT2D eigenvalue weighted by Gasteiger charge is 2.22. The fraction of sp³-hybridized carbons (Fsp3) is 0.700. The fourth-order valence-electron chi connectivity index (χ4n) is 2.11. The van der Waals surface area contributed by atoms with Gasteiger partial charge in [0.2, 0.25) is 0 Å². The molecule has 0 saturated heterocycles. The number of aryl methyl sites for hydroxylation is 2. The van der Waals surface area contributed by atoms with Crippen molar-refractivity contribution in [1.82, 2.24) is 9.78 Å². The summed E-state index contributed by atoms with van der Waals surface area (Å²) in [6.45, 7) is 2.03. The van der Waals surface area contributed by atoms with E-state index in [4.69, 9.17) is 5.73 Å². The van der Waals surface area contributed by atoms with Crippen molar-refractivity contribution in [2.24, 2.45) is 12.8 Å². The molecule has 4 heteroatoms. The van der Waals surface area contributed by atoms with Crippen LogP contribution in [0.3, 0.4) is 0 Å². The van der Waals surface area contributed by atoms with Crippen molar-refractivity contribution in [1.29, 1.82) is 0 Å². The standard InChI is InChI=1S/C10H18N4/c1-7-10(6-14(2)13-7)12-9-4-3-8(11)5-9/h6,8-9,12H,3-5,11H2,1-2H3. The predicted molar refractivity (Wildman–Crippen MR) is 57.2 cm³/mol. The monoisotopic (exact) mass is 194 g/mol. The normalized spacial score (nSPS) is 26.8. The number of rotatable bonds is 2. The lowest BCUT2D eigenvalue weighted by Crippen LogP contribution is -2.20. The lowest BCUT2D eigenvalue weighted by molar-refractivity contribution is 0.687. The molecule has 2 unspecified atom stereocenters. The maximum atomic E-state index is 5.86. The molecule has 14 heavy (non-hydrogen) atoms. The van der Waals surface area contributed by atoms with Gasteiger partial charge in [0, 0.05) is 25.3 Å². The van der Waals surface area contributed by atoms with Crippen molar-refractivity contribution in [3.8, 4) is 0 Å². The largest absolute Gasteiger partial charge is 0.379 e. The number of nitrogens with two attached hydrogens (primary N) is 1. The second kappa shape index (κ2) is 3.61. The van der Waals surface area contributed by atoms with Crippen molar-refractivity contribution in [3.63, 3.8) is 0 Å². The van der Waals surface area contributed by atoms with Gasteiger partial charge in [0.1, 0.15) is 0 Å². The smallest absolute Gasteiger partial charge is 0.0825 e. The second-order valence-corrected chi connectivity index (χ2v) is 4.22. The van der Waals surface area contributed by atoms with E-state index in [1.54, 1.807) is 0 Å². The minimum Gasteiger partial charge on any atom is -0.379 e. The molecule has 1 saturated carbocycles. The Kier molecular flexibility index (Phi) is 2.46. The Hall–Kier alpha value is -1.03. The van der Waals surface area contributed by atoms with E-state index in [2.05, 4.69) is 10.4 Å². The average Bonchev–Trinajstić information content (AvgIpc) is 2.61. The van der Waals surface area contributed by atoms with Gasteiger partial charge in [0.15, 0.2) is 0 Å². The van der Waals surface area contributed by atoms with Crippen LogP contribution in [-0.2, 0) is 7.05 Å². The van der Waals surface area contributed by atoms with Crippen LogP contribution in [0, 0.1) is 6.92 Å². The molecule has 0 amide bonds. The van der Waals surface area contributed by atoms with Gasteiger partial charge in [-0.2, -0.15) is 5.10 Å². The van der Waals surface area contributed by atoms with Crippen molar-refractivity contribution < 1.29 is 0 Å². The zero-order valence-electron chi connectivity index (χ0n) is 8.83. The lowest BCUT2D eigenvalue weighted by Gasteiger charge is -2.12. The molecule has 2 rings (SSSR count). The van der Waals surface area contributed by atoms with Crippen LogP contribution in [0.1, 0.15) is 25.0 Å². The van der Waals surface area contributed by atoms with Crippen LogP contribution in [0.2, 0.25) is 0 Å². The molecule has 3 N–H and O–H groups in total. The Bertz CT molecular complexity index is 318. The van der Waals surface area contributed by atoms with Crippen LogP contribution in [-0.4, -0.2) is 21.9 Å². The number of nitrogens with one attached hydrogen (secondary N) is 1. The first kappa shape index (κ1) is 9.52. The van der Waals surface area contributed by atoms with E-state index in [9.17, 15) is 0 Å². The summed E-state index contributed by atoms with van der Waals surface area (Å²) in [5, 5.41) is 7.79. The van der Waals surface area contributed by atoms with Gasteiger partial charge in [-0.1, -0.05) is 0 Å². The lowest BCUT2D eigenvalue weighted by atomic mass is 10.2. The molecule has 1 aliphatic carbocycles. The van der Waals surface area contributed by atoms with E-state index in [0.717, 1.165) is 24.2 Å². The van der Waals surface area contributed by atoms with Gasteiger partial charge in [-0.15, -0.1) is 0 Å². The first-order valence-corrected chi connectivity index (χ1v) is 5.17. The highest BCUT2D eigenvalue weighted by molar-refractivity contribution is 5.46. The zero-order valence-corrected chi connectivity index (χ0v) is 8.83. The van der Waals surface area contributed by atoms with Gasteiger partial charge in [-0.05, 0) is 26.2 Å². The Balaban J connectivity index is 2.00. The number of hydrogen-bond donors (Lipinski definition) is 2. The summed E-state index contributed by atoms with van der Waals surface area (Å²) in [6, 6.07) is 0.914. The van der Waals surface area contributed by atoms with Crippen LogP contribution in [0.5, 0.6) is 0 Å². The van der Waals surface area contributed by atoms with Gasteiger partial charge >= 0.3 is 0 Å². The third-order valence-corrected chi connectivity index (χ3v) is 2.85. The van der Waals surface area contributed by atoms with Crippen LogP contribution in [0.25, 0.3) is 0 Å². The van der Waals surface area contributed by atoms with Gasteiger partial charge in [0.05, 0.1) is 11.4 Å². The molecule has 1 heterocycles. The maximum absolute atomic E-state index is 5.86. The second-order valence-electron chi connectivity index (χ2n) is 4.22. The molecule has 0 aliphatic heterocycles. The van der Waals surface area contributed by atoms with E-state index in [1.165, 1.54) is 6.42 Å². The predicted octanol–water partition coefficient (Wildman–Crippen LogP) is 1.02. The molecule has 0 radical (unpaired) electrons. The molecule has 0 spiro atoms. The molecular weight excluding hydrogens is 176 g/mol. The van der Waals surface area contributed by atoms with E-state index < -0.39 is 0 Å². The molecule has 0 aromatic carbocycles. The first-order chi connectivity index (χ1) is 6.65. The summed E-state index contributed by atoms with van der Waals surface area (Å²) in [4.78, 5) is 0. The van der Waals surface area contributed by atoms with E-state index >= 15 is 0 Å². The topological polar surface area (TPSA) is 55.9 Å².